The molecule has 1 aromatic heterocycles. The molecule has 17 heavy (non-hydrogen) atoms. The molecule has 1 heterocycles. The lowest BCUT2D eigenvalue weighted by Gasteiger charge is -2.06. The number of nitriles is 2. The van der Waals surface area contributed by atoms with E-state index < -0.39 is 0 Å². The molecule has 4 nitrogen and oxygen atoms in total. The van der Waals surface area contributed by atoms with Gasteiger partial charge in [0, 0.05) is 29.0 Å². The molecule has 0 unspecified atom stereocenters. The molecule has 2 N–H and O–H groups in total. The molecular weight excluding hydrogens is 212 g/mol. The Morgan fingerprint density at radius 1 is 1.29 bits per heavy atom. The maximum absolute atomic E-state index is 8.63. The normalized spacial score (nSPS) is 9.35. The highest BCUT2D eigenvalue weighted by Crippen LogP contribution is 2.24. The van der Waals surface area contributed by atoms with E-state index >= 15 is 0 Å². The first kappa shape index (κ1) is 10.8. The minimum absolute atomic E-state index is 0.0542. The Balaban J connectivity index is 2.38. The number of rotatable bonds is 2. The van der Waals surface area contributed by atoms with Crippen LogP contribution in [-0.2, 0) is 0 Å². The minimum Gasteiger partial charge on any atom is -0.361 e. The number of hydrogen-bond acceptors (Lipinski definition) is 3. The van der Waals surface area contributed by atoms with E-state index in [0.717, 1.165) is 22.2 Å². The van der Waals surface area contributed by atoms with Crippen molar-refractivity contribution in [2.75, 3.05) is 5.32 Å². The van der Waals surface area contributed by atoms with Crippen molar-refractivity contribution in [3.8, 4) is 12.1 Å². The van der Waals surface area contributed by atoms with Crippen molar-refractivity contribution < 1.29 is 0 Å². The molecule has 0 saturated heterocycles. The summed E-state index contributed by atoms with van der Waals surface area (Å²) in [6.45, 7) is 1.99. The van der Waals surface area contributed by atoms with Crippen LogP contribution in [0.4, 0.5) is 5.69 Å². The summed E-state index contributed by atoms with van der Waals surface area (Å²) < 4.78 is 0. The minimum atomic E-state index is 0.0542. The molecule has 4 heteroatoms. The molecule has 0 aliphatic heterocycles. The molecule has 0 aliphatic carbocycles. The molecule has 0 spiro atoms. The molecule has 0 atom stereocenters. The third-order valence-corrected chi connectivity index (χ3v) is 2.62. The van der Waals surface area contributed by atoms with Crippen LogP contribution < -0.4 is 5.32 Å². The molecule has 0 saturated carbocycles. The molecule has 2 aromatic rings. The average molecular weight is 222 g/mol. The van der Waals surface area contributed by atoms with Crippen molar-refractivity contribution in [2.24, 2.45) is 0 Å². The molecule has 0 bridgehead atoms. The van der Waals surface area contributed by atoms with Gasteiger partial charge in [-0.25, -0.2) is 0 Å². The van der Waals surface area contributed by atoms with Gasteiger partial charge in [0.25, 0.3) is 0 Å². The zero-order valence-electron chi connectivity index (χ0n) is 9.28. The molecule has 82 valence electrons. The fraction of sp³-hybridized carbons (Fsp3) is 0.0769. The Morgan fingerprint density at radius 2 is 2.06 bits per heavy atom. The van der Waals surface area contributed by atoms with Gasteiger partial charge in [-0.3, -0.25) is 0 Å². The largest absolute Gasteiger partial charge is 0.361 e. The third-order valence-electron chi connectivity index (χ3n) is 2.62. The monoisotopic (exact) mass is 222 g/mol. The van der Waals surface area contributed by atoms with Crippen molar-refractivity contribution >= 4 is 16.6 Å². The Hall–Kier alpha value is -2.72. The van der Waals surface area contributed by atoms with Gasteiger partial charge in [0.2, 0.25) is 0 Å². The summed E-state index contributed by atoms with van der Waals surface area (Å²) in [4.78, 5) is 3.13. The number of nitrogens with zero attached hydrogens (tertiary/aromatic N) is 2. The number of benzene rings is 1. The van der Waals surface area contributed by atoms with Crippen LogP contribution in [0.1, 0.15) is 5.56 Å². The van der Waals surface area contributed by atoms with Gasteiger partial charge in [-0.05, 0) is 30.7 Å². The number of aryl methyl sites for hydroxylation is 1. The van der Waals surface area contributed by atoms with Gasteiger partial charge in [0.05, 0.1) is 0 Å². The number of anilines is 1. The van der Waals surface area contributed by atoms with E-state index in [9.17, 15) is 0 Å². The topological polar surface area (TPSA) is 75.4 Å². The maximum Gasteiger partial charge on any atom is 0.145 e. The second kappa shape index (κ2) is 4.42. The zero-order chi connectivity index (χ0) is 12.3. The predicted octanol–water partition coefficient (Wildman–Crippen LogP) is 2.82. The Labute approximate surface area is 98.8 Å². The van der Waals surface area contributed by atoms with Gasteiger partial charge in [-0.2, -0.15) is 10.5 Å². The van der Waals surface area contributed by atoms with E-state index in [4.69, 9.17) is 10.5 Å². The number of H-pyrrole nitrogens is 1. The highest BCUT2D eigenvalue weighted by molar-refractivity contribution is 5.87. The number of fused-ring (bicyclic) bond motifs is 1. The first-order chi connectivity index (χ1) is 8.26. The van der Waals surface area contributed by atoms with Gasteiger partial charge in [0.1, 0.15) is 17.7 Å². The summed E-state index contributed by atoms with van der Waals surface area (Å²) in [7, 11) is 0. The van der Waals surface area contributed by atoms with Crippen LogP contribution in [0.5, 0.6) is 0 Å². The van der Waals surface area contributed by atoms with E-state index in [2.05, 4.69) is 10.3 Å². The number of hydrogen-bond donors (Lipinski definition) is 2. The van der Waals surface area contributed by atoms with Gasteiger partial charge in [-0.1, -0.05) is 0 Å². The van der Waals surface area contributed by atoms with E-state index in [0.29, 0.717) is 0 Å². The Morgan fingerprint density at radius 3 is 2.76 bits per heavy atom. The van der Waals surface area contributed by atoms with Crippen molar-refractivity contribution in [1.29, 1.82) is 10.5 Å². The third kappa shape index (κ3) is 1.97. The van der Waals surface area contributed by atoms with Gasteiger partial charge < -0.3 is 10.3 Å². The summed E-state index contributed by atoms with van der Waals surface area (Å²) in [6.07, 6.45) is 3.30. The first-order valence-corrected chi connectivity index (χ1v) is 5.10. The maximum atomic E-state index is 8.63. The summed E-state index contributed by atoms with van der Waals surface area (Å²) >= 11 is 0. The van der Waals surface area contributed by atoms with Crippen LogP contribution in [0.25, 0.3) is 10.9 Å². The van der Waals surface area contributed by atoms with E-state index in [1.54, 1.807) is 12.1 Å². The zero-order valence-corrected chi connectivity index (χ0v) is 9.28. The lowest BCUT2D eigenvalue weighted by atomic mass is 10.1. The second-order valence-electron chi connectivity index (χ2n) is 3.60. The van der Waals surface area contributed by atoms with Crippen LogP contribution in [0, 0.1) is 29.6 Å². The van der Waals surface area contributed by atoms with Crippen molar-refractivity contribution in [1.82, 2.24) is 4.98 Å². The lowest BCUT2D eigenvalue weighted by molar-refractivity contribution is 1.42. The van der Waals surface area contributed by atoms with Crippen LogP contribution in [-0.4, -0.2) is 4.98 Å². The summed E-state index contributed by atoms with van der Waals surface area (Å²) in [5.74, 6) is 0. The molecule has 0 aliphatic rings. The smallest absolute Gasteiger partial charge is 0.145 e. The van der Waals surface area contributed by atoms with Crippen molar-refractivity contribution in [3.63, 3.8) is 0 Å². The summed E-state index contributed by atoms with van der Waals surface area (Å²) in [6, 6.07) is 9.47. The van der Waals surface area contributed by atoms with E-state index in [1.807, 2.05) is 31.3 Å². The summed E-state index contributed by atoms with van der Waals surface area (Å²) in [5, 5.41) is 21.4. The molecule has 0 radical (unpaired) electrons. The van der Waals surface area contributed by atoms with Crippen molar-refractivity contribution in [3.05, 3.63) is 41.7 Å². The standard InChI is InChI=1S/C13H10N4/c1-9-11-4-5-16-13(11)3-2-12(9)17-8-10(6-14)7-15/h2-5,8,16-17H,1H3. The first-order valence-electron chi connectivity index (χ1n) is 5.10. The Bertz CT molecular complexity index is 649. The van der Waals surface area contributed by atoms with Crippen LogP contribution in [0.15, 0.2) is 36.2 Å². The molecule has 0 amide bonds. The Kier molecular flexibility index (Phi) is 2.81. The second-order valence-corrected chi connectivity index (χ2v) is 3.60. The lowest BCUT2D eigenvalue weighted by Crippen LogP contribution is -1.93. The van der Waals surface area contributed by atoms with Crippen molar-refractivity contribution in [2.45, 2.75) is 6.92 Å². The molecule has 2 rings (SSSR count). The van der Waals surface area contributed by atoms with Gasteiger partial charge >= 0.3 is 0 Å². The van der Waals surface area contributed by atoms with E-state index in [1.165, 1.54) is 6.20 Å². The SMILES string of the molecule is Cc1c(NC=C(C#N)C#N)ccc2[nH]ccc12. The quantitative estimate of drug-likeness (QED) is 0.767. The highest BCUT2D eigenvalue weighted by Gasteiger charge is 2.03. The average Bonchev–Trinajstić information content (AvgIpc) is 2.82. The van der Waals surface area contributed by atoms with Gasteiger partial charge in [-0.15, -0.1) is 0 Å². The molecular formula is C13H10N4. The van der Waals surface area contributed by atoms with Crippen LogP contribution in [0.2, 0.25) is 0 Å². The highest BCUT2D eigenvalue weighted by atomic mass is 14.8. The number of allylic oxidation sites excluding steroid dienone is 1. The number of aromatic nitrogens is 1. The van der Waals surface area contributed by atoms with Crippen LogP contribution >= 0.6 is 0 Å². The molecule has 0 fully saturated rings. The fourth-order valence-corrected chi connectivity index (χ4v) is 1.68. The number of nitrogens with one attached hydrogen (secondary N) is 2. The van der Waals surface area contributed by atoms with E-state index in [-0.39, 0.29) is 5.57 Å². The molecule has 1 aromatic carbocycles. The predicted molar refractivity (Wildman–Crippen MR) is 66.0 cm³/mol. The summed E-state index contributed by atoms with van der Waals surface area (Å²) in [5.41, 5.74) is 3.09. The van der Waals surface area contributed by atoms with Crippen LogP contribution in [0.3, 0.4) is 0 Å². The number of aromatic amines is 1. The fourth-order valence-electron chi connectivity index (χ4n) is 1.68. The van der Waals surface area contributed by atoms with Gasteiger partial charge in [0.15, 0.2) is 0 Å².